The molecule has 0 spiro atoms. The van der Waals surface area contributed by atoms with Crippen LogP contribution >= 0.6 is 11.6 Å². The quantitative estimate of drug-likeness (QED) is 0.614. The van der Waals surface area contributed by atoms with E-state index in [2.05, 4.69) is 9.98 Å². The molecule has 1 N–H and O–H groups in total. The molecule has 76 valence electrons. The van der Waals surface area contributed by atoms with Gasteiger partial charge in [0.05, 0.1) is 17.1 Å². The third-order valence-corrected chi connectivity index (χ3v) is 2.63. The number of hydrogen-bond donors (Lipinski definition) is 1. The van der Waals surface area contributed by atoms with Crippen LogP contribution in [0.15, 0.2) is 23.3 Å². The van der Waals surface area contributed by atoms with Gasteiger partial charge in [0.2, 0.25) is 6.08 Å². The smallest absolute Gasteiger partial charge is 0.235 e. The molecular weight excluding hydrogens is 212 g/mol. The summed E-state index contributed by atoms with van der Waals surface area (Å²) in [6.45, 7) is 2.33. The maximum absolute atomic E-state index is 10.0. The molecule has 0 radical (unpaired) electrons. The average Bonchev–Trinajstić information content (AvgIpc) is 2.58. The largest absolute Gasteiger partial charge is 0.360 e. The van der Waals surface area contributed by atoms with E-state index in [0.717, 1.165) is 22.0 Å². The van der Waals surface area contributed by atoms with Crippen LogP contribution < -0.4 is 0 Å². The Balaban J connectivity index is 2.59. The van der Waals surface area contributed by atoms with Gasteiger partial charge in [-0.3, -0.25) is 0 Å². The average molecular weight is 221 g/mol. The number of halogens is 1. The highest BCUT2D eigenvalue weighted by atomic mass is 35.5. The number of aryl methyl sites for hydroxylation is 1. The molecule has 1 heterocycles. The summed E-state index contributed by atoms with van der Waals surface area (Å²) in [5.41, 5.74) is 2.97. The third-order valence-electron chi connectivity index (χ3n) is 2.33. The van der Waals surface area contributed by atoms with Crippen LogP contribution in [0, 0.1) is 6.92 Å². The van der Waals surface area contributed by atoms with Gasteiger partial charge in [0.1, 0.15) is 0 Å². The molecule has 0 saturated carbocycles. The molecule has 0 unspecified atom stereocenters. The molecule has 0 amide bonds. The molecular formula is C11H9ClN2O. The van der Waals surface area contributed by atoms with Crippen molar-refractivity contribution in [3.63, 3.8) is 0 Å². The highest BCUT2D eigenvalue weighted by molar-refractivity contribution is 6.35. The predicted molar refractivity (Wildman–Crippen MR) is 59.9 cm³/mol. The fraction of sp³-hybridized carbons (Fsp3) is 0.182. The topological polar surface area (TPSA) is 45.2 Å². The van der Waals surface area contributed by atoms with Crippen molar-refractivity contribution < 1.29 is 4.79 Å². The summed E-state index contributed by atoms with van der Waals surface area (Å²) in [6, 6.07) is 3.79. The fourth-order valence-corrected chi connectivity index (χ4v) is 1.89. The SMILES string of the molecule is Cc1c[nH]c2c(Cl)cc(CN=C=O)cc12. The molecule has 0 bridgehead atoms. The first kappa shape index (κ1) is 9.97. The molecule has 4 heteroatoms. The summed E-state index contributed by atoms with van der Waals surface area (Å²) >= 11 is 6.08. The predicted octanol–water partition coefficient (Wildman–Crippen LogP) is 2.97. The zero-order valence-electron chi connectivity index (χ0n) is 8.17. The van der Waals surface area contributed by atoms with E-state index in [1.807, 2.05) is 19.2 Å². The number of carbonyl (C=O) groups excluding carboxylic acids is 1. The summed E-state index contributed by atoms with van der Waals surface area (Å²) in [7, 11) is 0. The second kappa shape index (κ2) is 3.89. The number of hydrogen-bond acceptors (Lipinski definition) is 2. The van der Waals surface area contributed by atoms with Crippen molar-refractivity contribution in [1.82, 2.24) is 4.98 Å². The molecule has 0 atom stereocenters. The molecule has 0 aliphatic carbocycles. The van der Waals surface area contributed by atoms with Crippen molar-refractivity contribution in [2.75, 3.05) is 0 Å². The monoisotopic (exact) mass is 220 g/mol. The van der Waals surface area contributed by atoms with E-state index in [9.17, 15) is 4.79 Å². The molecule has 1 aromatic heterocycles. The van der Waals surface area contributed by atoms with Crippen LogP contribution in [0.4, 0.5) is 0 Å². The zero-order chi connectivity index (χ0) is 10.8. The number of nitrogens with zero attached hydrogens (tertiary/aromatic N) is 1. The molecule has 0 saturated heterocycles. The minimum Gasteiger partial charge on any atom is -0.360 e. The number of rotatable bonds is 2. The van der Waals surface area contributed by atoms with E-state index < -0.39 is 0 Å². The summed E-state index contributed by atoms with van der Waals surface area (Å²) < 4.78 is 0. The Morgan fingerprint density at radius 1 is 1.53 bits per heavy atom. The van der Waals surface area contributed by atoms with Crippen LogP contribution in [0.5, 0.6) is 0 Å². The number of nitrogens with one attached hydrogen (secondary N) is 1. The Labute approximate surface area is 91.8 Å². The minimum atomic E-state index is 0.323. The van der Waals surface area contributed by atoms with Crippen LogP contribution in [-0.4, -0.2) is 11.1 Å². The summed E-state index contributed by atoms with van der Waals surface area (Å²) in [5.74, 6) is 0. The first-order chi connectivity index (χ1) is 7.22. The number of aliphatic imine (C=N–C) groups is 1. The van der Waals surface area contributed by atoms with Crippen molar-refractivity contribution in [2.24, 2.45) is 4.99 Å². The van der Waals surface area contributed by atoms with Crippen molar-refractivity contribution in [3.8, 4) is 0 Å². The van der Waals surface area contributed by atoms with Gasteiger partial charge >= 0.3 is 0 Å². The van der Waals surface area contributed by atoms with E-state index in [1.165, 1.54) is 6.08 Å². The van der Waals surface area contributed by atoms with Gasteiger partial charge < -0.3 is 4.98 Å². The van der Waals surface area contributed by atoms with Crippen molar-refractivity contribution in [2.45, 2.75) is 13.5 Å². The number of fused-ring (bicyclic) bond motifs is 1. The van der Waals surface area contributed by atoms with Crippen LogP contribution in [0.3, 0.4) is 0 Å². The van der Waals surface area contributed by atoms with Crippen LogP contribution in [-0.2, 0) is 11.3 Å². The van der Waals surface area contributed by atoms with Gasteiger partial charge in [-0.1, -0.05) is 11.6 Å². The van der Waals surface area contributed by atoms with Crippen molar-refractivity contribution in [1.29, 1.82) is 0 Å². The minimum absolute atomic E-state index is 0.323. The maximum atomic E-state index is 10.0. The maximum Gasteiger partial charge on any atom is 0.235 e. The molecule has 2 aromatic rings. The van der Waals surface area contributed by atoms with E-state index in [-0.39, 0.29) is 0 Å². The van der Waals surface area contributed by atoms with Gasteiger partial charge in [0.25, 0.3) is 0 Å². The highest BCUT2D eigenvalue weighted by Crippen LogP contribution is 2.27. The number of aromatic amines is 1. The van der Waals surface area contributed by atoms with Crippen LogP contribution in [0.25, 0.3) is 10.9 Å². The Kier molecular flexibility index (Phi) is 2.58. The van der Waals surface area contributed by atoms with E-state index >= 15 is 0 Å². The Bertz CT molecular complexity index is 553. The van der Waals surface area contributed by atoms with Gasteiger partial charge in [-0.05, 0) is 30.2 Å². The zero-order valence-corrected chi connectivity index (χ0v) is 8.93. The second-order valence-electron chi connectivity index (χ2n) is 3.38. The van der Waals surface area contributed by atoms with E-state index in [0.29, 0.717) is 11.6 Å². The lowest BCUT2D eigenvalue weighted by atomic mass is 10.1. The standard InChI is InChI=1S/C11H9ClN2O/c1-7-4-14-11-9(7)2-8(3-10(11)12)5-13-6-15/h2-4,14H,5H2,1H3. The van der Waals surface area contributed by atoms with Crippen molar-refractivity contribution >= 4 is 28.6 Å². The molecule has 15 heavy (non-hydrogen) atoms. The molecule has 2 rings (SSSR count). The molecule has 3 nitrogen and oxygen atoms in total. The number of aromatic nitrogens is 1. The lowest BCUT2D eigenvalue weighted by Crippen LogP contribution is -1.82. The van der Waals surface area contributed by atoms with E-state index in [1.54, 1.807) is 6.07 Å². The molecule has 1 aromatic carbocycles. The van der Waals surface area contributed by atoms with Gasteiger partial charge in [-0.15, -0.1) is 0 Å². The summed E-state index contributed by atoms with van der Waals surface area (Å²) in [4.78, 5) is 16.6. The van der Waals surface area contributed by atoms with Gasteiger partial charge in [-0.2, -0.15) is 0 Å². The van der Waals surface area contributed by atoms with Gasteiger partial charge in [0, 0.05) is 11.6 Å². The number of isocyanates is 1. The van der Waals surface area contributed by atoms with Gasteiger partial charge in [0.15, 0.2) is 0 Å². The second-order valence-corrected chi connectivity index (χ2v) is 3.79. The number of benzene rings is 1. The first-order valence-corrected chi connectivity index (χ1v) is 4.90. The van der Waals surface area contributed by atoms with Crippen molar-refractivity contribution in [3.05, 3.63) is 34.5 Å². The van der Waals surface area contributed by atoms with Crippen LogP contribution in [0.2, 0.25) is 5.02 Å². The first-order valence-electron chi connectivity index (χ1n) is 4.52. The Morgan fingerprint density at radius 3 is 3.07 bits per heavy atom. The Hall–Kier alpha value is -1.57. The summed E-state index contributed by atoms with van der Waals surface area (Å²) in [5, 5.41) is 1.72. The molecule has 0 aliphatic rings. The molecule has 0 aliphatic heterocycles. The Morgan fingerprint density at radius 2 is 2.33 bits per heavy atom. The highest BCUT2D eigenvalue weighted by Gasteiger charge is 2.05. The molecule has 0 fully saturated rings. The lowest BCUT2D eigenvalue weighted by Gasteiger charge is -2.00. The van der Waals surface area contributed by atoms with E-state index in [4.69, 9.17) is 11.6 Å². The third kappa shape index (κ3) is 1.80. The fourth-order valence-electron chi connectivity index (χ4n) is 1.59. The number of H-pyrrole nitrogens is 1. The normalized spacial score (nSPS) is 10.3. The van der Waals surface area contributed by atoms with Gasteiger partial charge in [-0.25, -0.2) is 9.79 Å². The summed E-state index contributed by atoms with van der Waals surface area (Å²) in [6.07, 6.45) is 3.42. The van der Waals surface area contributed by atoms with Crippen LogP contribution in [0.1, 0.15) is 11.1 Å². The lowest BCUT2D eigenvalue weighted by molar-refractivity contribution is 0.563.